The van der Waals surface area contributed by atoms with Gasteiger partial charge in [-0.2, -0.15) is 0 Å². The Morgan fingerprint density at radius 2 is 1.95 bits per heavy atom. The van der Waals surface area contributed by atoms with Crippen molar-refractivity contribution in [2.24, 2.45) is 0 Å². The number of hydrogen-bond acceptors (Lipinski definition) is 5. The molecule has 0 radical (unpaired) electrons. The molecule has 0 aliphatic carbocycles. The molecule has 0 bridgehead atoms. The maximum Gasteiger partial charge on any atom is 0.339 e. The van der Waals surface area contributed by atoms with Gasteiger partial charge in [-0.1, -0.05) is 12.1 Å². The van der Waals surface area contributed by atoms with Gasteiger partial charge in [0.1, 0.15) is 12.0 Å². The van der Waals surface area contributed by atoms with E-state index in [2.05, 4.69) is 20.0 Å². The highest BCUT2D eigenvalue weighted by atomic mass is 16.5. The molecule has 6 nitrogen and oxygen atoms in total. The number of hydrogen-bond donors (Lipinski definition) is 1. The molecule has 0 fully saturated rings. The van der Waals surface area contributed by atoms with Crippen LogP contribution in [0.2, 0.25) is 0 Å². The van der Waals surface area contributed by atoms with Gasteiger partial charge in [0.2, 0.25) is 0 Å². The number of amides is 1. The van der Waals surface area contributed by atoms with Crippen LogP contribution in [0.1, 0.15) is 26.5 Å². The molecule has 0 unspecified atom stereocenters. The number of ether oxygens (including phenoxy) is 1. The SMILES string of the molecule is COC(=O)c1ccccc1NC(=O)c1cc(C)ncn1. The lowest BCUT2D eigenvalue weighted by Gasteiger charge is -2.09. The molecule has 1 aromatic carbocycles. The fourth-order valence-corrected chi connectivity index (χ4v) is 1.65. The summed E-state index contributed by atoms with van der Waals surface area (Å²) in [6.07, 6.45) is 1.32. The fourth-order valence-electron chi connectivity index (χ4n) is 1.65. The van der Waals surface area contributed by atoms with Crippen molar-refractivity contribution in [2.75, 3.05) is 12.4 Å². The van der Waals surface area contributed by atoms with Crippen molar-refractivity contribution in [2.45, 2.75) is 6.92 Å². The van der Waals surface area contributed by atoms with Gasteiger partial charge in [-0.25, -0.2) is 14.8 Å². The molecule has 0 atom stereocenters. The zero-order valence-corrected chi connectivity index (χ0v) is 11.1. The monoisotopic (exact) mass is 271 g/mol. The number of nitrogens with one attached hydrogen (secondary N) is 1. The van der Waals surface area contributed by atoms with Crippen molar-refractivity contribution in [3.63, 3.8) is 0 Å². The van der Waals surface area contributed by atoms with E-state index in [1.165, 1.54) is 13.4 Å². The van der Waals surface area contributed by atoms with Gasteiger partial charge in [0.15, 0.2) is 0 Å². The van der Waals surface area contributed by atoms with E-state index in [0.29, 0.717) is 11.4 Å². The third-order valence-electron chi connectivity index (χ3n) is 2.62. The zero-order chi connectivity index (χ0) is 14.5. The van der Waals surface area contributed by atoms with Crippen molar-refractivity contribution >= 4 is 17.6 Å². The van der Waals surface area contributed by atoms with E-state index in [0.717, 1.165) is 0 Å². The molecule has 0 saturated heterocycles. The minimum Gasteiger partial charge on any atom is -0.465 e. The first kappa shape index (κ1) is 13.7. The van der Waals surface area contributed by atoms with Gasteiger partial charge < -0.3 is 10.1 Å². The molecule has 0 aliphatic rings. The van der Waals surface area contributed by atoms with E-state index in [9.17, 15) is 9.59 Å². The lowest BCUT2D eigenvalue weighted by atomic mass is 10.1. The minimum absolute atomic E-state index is 0.233. The third kappa shape index (κ3) is 2.97. The summed E-state index contributed by atoms with van der Waals surface area (Å²) in [4.78, 5) is 31.5. The second kappa shape index (κ2) is 5.92. The Morgan fingerprint density at radius 3 is 2.65 bits per heavy atom. The van der Waals surface area contributed by atoms with Crippen LogP contribution in [0.15, 0.2) is 36.7 Å². The summed E-state index contributed by atoms with van der Waals surface area (Å²) in [5.74, 6) is -0.924. The largest absolute Gasteiger partial charge is 0.465 e. The van der Waals surface area contributed by atoms with Crippen molar-refractivity contribution in [3.8, 4) is 0 Å². The first-order chi connectivity index (χ1) is 9.61. The second-order valence-electron chi connectivity index (χ2n) is 4.04. The number of aromatic nitrogens is 2. The van der Waals surface area contributed by atoms with Crippen LogP contribution in [-0.4, -0.2) is 29.0 Å². The van der Waals surface area contributed by atoms with E-state index in [4.69, 9.17) is 0 Å². The Morgan fingerprint density at radius 1 is 1.20 bits per heavy atom. The average Bonchev–Trinajstić information content (AvgIpc) is 2.47. The first-order valence-electron chi connectivity index (χ1n) is 5.89. The summed E-state index contributed by atoms with van der Waals surface area (Å²) < 4.78 is 4.67. The summed E-state index contributed by atoms with van der Waals surface area (Å²) in [5, 5.41) is 2.64. The number of methoxy groups -OCH3 is 1. The standard InChI is InChI=1S/C14H13N3O3/c1-9-7-12(16-8-15-9)13(18)17-11-6-4-3-5-10(11)14(19)20-2/h3-8H,1-2H3,(H,17,18). The van der Waals surface area contributed by atoms with E-state index in [1.807, 2.05) is 0 Å². The summed E-state index contributed by atoms with van der Waals surface area (Å²) in [6.45, 7) is 1.76. The topological polar surface area (TPSA) is 81.2 Å². The number of benzene rings is 1. The lowest BCUT2D eigenvalue weighted by molar-refractivity contribution is 0.0602. The highest BCUT2D eigenvalue weighted by Crippen LogP contribution is 2.16. The average molecular weight is 271 g/mol. The molecule has 0 spiro atoms. The second-order valence-corrected chi connectivity index (χ2v) is 4.04. The Kier molecular flexibility index (Phi) is 4.05. The number of rotatable bonds is 3. The number of carbonyl (C=O) groups is 2. The zero-order valence-electron chi connectivity index (χ0n) is 11.1. The van der Waals surface area contributed by atoms with Crippen LogP contribution in [-0.2, 0) is 4.74 Å². The third-order valence-corrected chi connectivity index (χ3v) is 2.62. The number of carbonyl (C=O) groups excluding carboxylic acids is 2. The normalized spacial score (nSPS) is 9.90. The molecule has 2 aromatic rings. The minimum atomic E-state index is -0.514. The van der Waals surface area contributed by atoms with Crippen LogP contribution in [0.25, 0.3) is 0 Å². The number of para-hydroxylation sites is 1. The Hall–Kier alpha value is -2.76. The van der Waals surface area contributed by atoms with Gasteiger partial charge in [0, 0.05) is 5.69 Å². The fraction of sp³-hybridized carbons (Fsp3) is 0.143. The summed E-state index contributed by atoms with van der Waals surface area (Å²) in [7, 11) is 1.29. The maximum atomic E-state index is 12.1. The Bertz CT molecular complexity index is 656. The molecule has 1 N–H and O–H groups in total. The summed E-state index contributed by atoms with van der Waals surface area (Å²) in [6, 6.07) is 8.17. The van der Waals surface area contributed by atoms with Gasteiger partial charge in [-0.3, -0.25) is 4.79 Å². The van der Waals surface area contributed by atoms with Crippen LogP contribution >= 0.6 is 0 Å². The van der Waals surface area contributed by atoms with Crippen LogP contribution in [0, 0.1) is 6.92 Å². The lowest BCUT2D eigenvalue weighted by Crippen LogP contribution is -2.16. The molecule has 0 aliphatic heterocycles. The van der Waals surface area contributed by atoms with Crippen LogP contribution in [0.3, 0.4) is 0 Å². The van der Waals surface area contributed by atoms with E-state index >= 15 is 0 Å². The van der Waals surface area contributed by atoms with Crippen LogP contribution in [0.4, 0.5) is 5.69 Å². The number of aryl methyl sites for hydroxylation is 1. The molecule has 1 heterocycles. The number of esters is 1. The first-order valence-corrected chi connectivity index (χ1v) is 5.89. The van der Waals surface area contributed by atoms with E-state index in [1.54, 1.807) is 37.3 Å². The quantitative estimate of drug-likeness (QED) is 0.861. The van der Waals surface area contributed by atoms with Crippen molar-refractivity contribution in [1.82, 2.24) is 9.97 Å². The summed E-state index contributed by atoms with van der Waals surface area (Å²) >= 11 is 0. The smallest absolute Gasteiger partial charge is 0.339 e. The van der Waals surface area contributed by atoms with Gasteiger partial charge in [0.05, 0.1) is 18.4 Å². The van der Waals surface area contributed by atoms with Gasteiger partial charge in [-0.15, -0.1) is 0 Å². The molecule has 6 heteroatoms. The Balaban J connectivity index is 2.26. The van der Waals surface area contributed by atoms with Gasteiger partial charge in [0.25, 0.3) is 5.91 Å². The van der Waals surface area contributed by atoms with Gasteiger partial charge in [-0.05, 0) is 25.1 Å². The highest BCUT2D eigenvalue weighted by Gasteiger charge is 2.14. The molecule has 1 amide bonds. The van der Waals surface area contributed by atoms with E-state index < -0.39 is 11.9 Å². The molecular weight excluding hydrogens is 258 g/mol. The van der Waals surface area contributed by atoms with Crippen molar-refractivity contribution in [3.05, 3.63) is 53.6 Å². The Labute approximate surface area is 115 Å². The van der Waals surface area contributed by atoms with Gasteiger partial charge >= 0.3 is 5.97 Å². The number of nitrogens with zero attached hydrogens (tertiary/aromatic N) is 2. The van der Waals surface area contributed by atoms with E-state index in [-0.39, 0.29) is 11.3 Å². The predicted molar refractivity (Wildman–Crippen MR) is 72.5 cm³/mol. The van der Waals surface area contributed by atoms with Crippen molar-refractivity contribution in [1.29, 1.82) is 0 Å². The molecule has 1 aromatic heterocycles. The molecular formula is C14H13N3O3. The molecule has 2 rings (SSSR count). The molecule has 102 valence electrons. The van der Waals surface area contributed by atoms with Crippen LogP contribution in [0.5, 0.6) is 0 Å². The van der Waals surface area contributed by atoms with Crippen molar-refractivity contribution < 1.29 is 14.3 Å². The van der Waals surface area contributed by atoms with Crippen LogP contribution < -0.4 is 5.32 Å². The predicted octanol–water partition coefficient (Wildman–Crippen LogP) is 1.82. The number of anilines is 1. The molecule has 20 heavy (non-hydrogen) atoms. The summed E-state index contributed by atoms with van der Waals surface area (Å²) in [5.41, 5.74) is 1.58. The maximum absolute atomic E-state index is 12.1. The molecule has 0 saturated carbocycles. The highest BCUT2D eigenvalue weighted by molar-refractivity contribution is 6.07.